The highest BCUT2D eigenvalue weighted by Crippen LogP contribution is 2.28. The average molecular weight is 420 g/mol. The van der Waals surface area contributed by atoms with Gasteiger partial charge in [0.15, 0.2) is 5.11 Å². The molecule has 1 saturated heterocycles. The molecule has 0 N–H and O–H groups in total. The van der Waals surface area contributed by atoms with Gasteiger partial charge >= 0.3 is 5.97 Å². The third kappa shape index (κ3) is 3.59. The Morgan fingerprint density at radius 3 is 2.53 bits per heavy atom. The molecule has 0 unspecified atom stereocenters. The summed E-state index contributed by atoms with van der Waals surface area (Å²) in [6.45, 7) is 0.600. The fourth-order valence-corrected chi connectivity index (χ4v) is 3.84. The zero-order valence-electron chi connectivity index (χ0n) is 16.7. The Balaban J connectivity index is 1.78. The van der Waals surface area contributed by atoms with Gasteiger partial charge in [0, 0.05) is 36.3 Å². The van der Waals surface area contributed by atoms with Gasteiger partial charge < -0.3 is 14.2 Å². The molecule has 2 aromatic carbocycles. The fourth-order valence-electron chi connectivity index (χ4n) is 3.59. The Kier molecular flexibility index (Phi) is 5.37. The van der Waals surface area contributed by atoms with Gasteiger partial charge in [-0.2, -0.15) is 0 Å². The first-order valence-electron chi connectivity index (χ1n) is 9.49. The number of amides is 1. The van der Waals surface area contributed by atoms with E-state index in [1.807, 2.05) is 42.6 Å². The smallest absolute Gasteiger partial charge is 0.325 e. The Morgan fingerprint density at radius 2 is 1.80 bits per heavy atom. The Morgan fingerprint density at radius 1 is 1.10 bits per heavy atom. The number of likely N-dealkylation sites (N-methyl/N-ethyl adjacent to an activating group) is 1. The van der Waals surface area contributed by atoms with Crippen LogP contribution in [0.25, 0.3) is 17.0 Å². The number of aromatic nitrogens is 1. The van der Waals surface area contributed by atoms with Crippen LogP contribution in [0.3, 0.4) is 0 Å². The number of carbonyl (C=O) groups is 2. The van der Waals surface area contributed by atoms with Gasteiger partial charge in [0.1, 0.15) is 12.2 Å². The third-order valence-corrected chi connectivity index (χ3v) is 5.65. The highest BCUT2D eigenvalue weighted by molar-refractivity contribution is 7.80. The van der Waals surface area contributed by atoms with Crippen LogP contribution in [-0.4, -0.2) is 52.1 Å². The molecule has 0 atom stereocenters. The van der Waals surface area contributed by atoms with Crippen LogP contribution in [0, 0.1) is 0 Å². The second kappa shape index (κ2) is 8.12. The van der Waals surface area contributed by atoms with Gasteiger partial charge in [0.2, 0.25) is 0 Å². The standard InChI is InChI=1S/C23H21N3O3S/c1-24-22(28)20(26(23(24)30)15-21(27)29-2)12-17-14-25(13-16-8-4-3-5-9-16)19-11-7-6-10-18(17)19/h3-12,14H,13,15H2,1-2H3/b20-12-. The summed E-state index contributed by atoms with van der Waals surface area (Å²) in [6.07, 6.45) is 3.82. The van der Waals surface area contributed by atoms with Crippen LogP contribution in [-0.2, 0) is 20.9 Å². The van der Waals surface area contributed by atoms with E-state index in [1.165, 1.54) is 22.5 Å². The number of fused-ring (bicyclic) bond motifs is 1. The molecule has 0 bridgehead atoms. The van der Waals surface area contributed by atoms with Gasteiger partial charge in [0.05, 0.1) is 7.11 Å². The Hall–Kier alpha value is -3.45. The first-order chi connectivity index (χ1) is 14.5. The van der Waals surface area contributed by atoms with Gasteiger partial charge in [-0.3, -0.25) is 14.5 Å². The van der Waals surface area contributed by atoms with Crippen LogP contribution < -0.4 is 0 Å². The van der Waals surface area contributed by atoms with Crippen molar-refractivity contribution in [3.05, 3.63) is 77.6 Å². The number of methoxy groups -OCH3 is 1. The molecule has 6 nitrogen and oxygen atoms in total. The molecule has 1 aliphatic heterocycles. The largest absolute Gasteiger partial charge is 0.468 e. The lowest BCUT2D eigenvalue weighted by atomic mass is 10.1. The average Bonchev–Trinajstić information content (AvgIpc) is 3.20. The predicted octanol–water partition coefficient (Wildman–Crippen LogP) is 3.26. The highest BCUT2D eigenvalue weighted by atomic mass is 32.1. The van der Waals surface area contributed by atoms with Crippen molar-refractivity contribution in [2.45, 2.75) is 6.54 Å². The molecule has 1 aromatic heterocycles. The molecule has 4 rings (SSSR count). The molecule has 3 aromatic rings. The molecular weight excluding hydrogens is 398 g/mol. The molecule has 1 aliphatic rings. The lowest BCUT2D eigenvalue weighted by molar-refractivity contribution is -0.140. The molecule has 7 heteroatoms. The zero-order valence-corrected chi connectivity index (χ0v) is 17.6. The van der Waals surface area contributed by atoms with Crippen LogP contribution in [0.15, 0.2) is 66.5 Å². The highest BCUT2D eigenvalue weighted by Gasteiger charge is 2.37. The lowest BCUT2D eigenvalue weighted by Gasteiger charge is -2.16. The van der Waals surface area contributed by atoms with E-state index in [-0.39, 0.29) is 17.6 Å². The number of carbonyl (C=O) groups excluding carboxylic acids is 2. The van der Waals surface area contributed by atoms with Crippen LogP contribution in [0.4, 0.5) is 0 Å². The maximum Gasteiger partial charge on any atom is 0.325 e. The lowest BCUT2D eigenvalue weighted by Crippen LogP contribution is -2.33. The number of hydrogen-bond donors (Lipinski definition) is 0. The number of ether oxygens (including phenoxy) is 1. The number of esters is 1. The van der Waals surface area contributed by atoms with E-state index in [4.69, 9.17) is 17.0 Å². The SMILES string of the molecule is COC(=O)CN1C(=S)N(C)C(=O)/C1=C/c1cn(Cc2ccccc2)c2ccccc12. The van der Waals surface area contributed by atoms with E-state index in [2.05, 4.69) is 22.8 Å². The number of hydrogen-bond acceptors (Lipinski definition) is 4. The maximum atomic E-state index is 12.8. The van der Waals surface area contributed by atoms with Gasteiger partial charge in [-0.25, -0.2) is 0 Å². The minimum atomic E-state index is -0.460. The van der Waals surface area contributed by atoms with Crippen molar-refractivity contribution in [3.63, 3.8) is 0 Å². The monoisotopic (exact) mass is 419 g/mol. The zero-order chi connectivity index (χ0) is 21.3. The van der Waals surface area contributed by atoms with Crippen LogP contribution >= 0.6 is 12.2 Å². The summed E-state index contributed by atoms with van der Waals surface area (Å²) in [4.78, 5) is 27.6. The van der Waals surface area contributed by atoms with Crippen molar-refractivity contribution >= 4 is 46.2 Å². The van der Waals surface area contributed by atoms with Crippen LogP contribution in [0.2, 0.25) is 0 Å². The minimum absolute atomic E-state index is 0.111. The van der Waals surface area contributed by atoms with E-state index in [0.717, 1.165) is 16.5 Å². The molecule has 152 valence electrons. The molecule has 1 fully saturated rings. The minimum Gasteiger partial charge on any atom is -0.468 e. The van der Waals surface area contributed by atoms with Crippen molar-refractivity contribution in [1.29, 1.82) is 0 Å². The van der Waals surface area contributed by atoms with Crippen molar-refractivity contribution in [2.75, 3.05) is 20.7 Å². The maximum absolute atomic E-state index is 12.8. The topological polar surface area (TPSA) is 54.8 Å². The summed E-state index contributed by atoms with van der Waals surface area (Å²) in [5, 5.41) is 1.30. The summed E-state index contributed by atoms with van der Waals surface area (Å²) in [7, 11) is 2.92. The first-order valence-corrected chi connectivity index (χ1v) is 9.90. The predicted molar refractivity (Wildman–Crippen MR) is 120 cm³/mol. The van der Waals surface area contributed by atoms with E-state index >= 15 is 0 Å². The summed E-state index contributed by atoms with van der Waals surface area (Å²) in [5.74, 6) is -0.707. The number of rotatable bonds is 5. The molecule has 0 saturated carbocycles. The van der Waals surface area contributed by atoms with Crippen LogP contribution in [0.5, 0.6) is 0 Å². The number of nitrogens with zero attached hydrogens (tertiary/aromatic N) is 3. The number of para-hydroxylation sites is 1. The van der Waals surface area contributed by atoms with Crippen LogP contribution in [0.1, 0.15) is 11.1 Å². The fraction of sp³-hybridized carbons (Fsp3) is 0.174. The Labute approximate surface area is 179 Å². The Bertz CT molecular complexity index is 1170. The molecule has 0 aliphatic carbocycles. The van der Waals surface area contributed by atoms with Gasteiger partial charge in [-0.05, 0) is 29.9 Å². The quantitative estimate of drug-likeness (QED) is 0.361. The summed E-state index contributed by atoms with van der Waals surface area (Å²) < 4.78 is 6.92. The number of thiocarbonyl (C=S) groups is 1. The second-order valence-electron chi connectivity index (χ2n) is 7.05. The third-order valence-electron chi connectivity index (χ3n) is 5.15. The van der Waals surface area contributed by atoms with E-state index < -0.39 is 5.97 Å². The van der Waals surface area contributed by atoms with Crippen molar-refractivity contribution < 1.29 is 14.3 Å². The summed E-state index contributed by atoms with van der Waals surface area (Å²) >= 11 is 5.36. The molecule has 0 spiro atoms. The number of benzene rings is 2. The van der Waals surface area contributed by atoms with E-state index in [9.17, 15) is 9.59 Å². The van der Waals surface area contributed by atoms with Gasteiger partial charge in [-0.15, -0.1) is 0 Å². The summed E-state index contributed by atoms with van der Waals surface area (Å²) in [6, 6.07) is 18.2. The molecule has 30 heavy (non-hydrogen) atoms. The molecule has 2 heterocycles. The molecule has 1 amide bonds. The van der Waals surface area contributed by atoms with Gasteiger partial charge in [0.25, 0.3) is 5.91 Å². The summed E-state index contributed by atoms with van der Waals surface area (Å²) in [5.41, 5.74) is 3.49. The molecular formula is C23H21N3O3S. The normalized spacial score (nSPS) is 15.5. The molecule has 0 radical (unpaired) electrons. The first kappa shape index (κ1) is 19.8. The van der Waals surface area contributed by atoms with E-state index in [0.29, 0.717) is 12.2 Å². The second-order valence-corrected chi connectivity index (χ2v) is 7.42. The van der Waals surface area contributed by atoms with Crippen molar-refractivity contribution in [1.82, 2.24) is 14.4 Å². The van der Waals surface area contributed by atoms with E-state index in [1.54, 1.807) is 13.1 Å². The van der Waals surface area contributed by atoms with Crippen molar-refractivity contribution in [3.8, 4) is 0 Å². The van der Waals surface area contributed by atoms with Gasteiger partial charge in [-0.1, -0.05) is 48.5 Å². The van der Waals surface area contributed by atoms with Crippen molar-refractivity contribution in [2.24, 2.45) is 0 Å².